The molecule has 0 radical (unpaired) electrons. The van der Waals surface area contributed by atoms with Gasteiger partial charge in [-0.25, -0.2) is 0 Å². The monoisotopic (exact) mass is 344 g/mol. The molecule has 1 aromatic carbocycles. The molecule has 2 unspecified atom stereocenters. The number of ether oxygens (including phenoxy) is 2. The van der Waals surface area contributed by atoms with Crippen LogP contribution in [0.3, 0.4) is 0 Å². The standard InChI is InChI=1S/C22H32O3/c1-3-17(10-12-19-9-6-14-22(19,23)4-2)7-5-8-18-11-13-20-21(15-18)25-16-24-20/h7,11,13,15,19,23H,3-6,8-10,12,14,16H2,1-2H3. The molecule has 2 atom stereocenters. The van der Waals surface area contributed by atoms with Crippen molar-refractivity contribution in [3.63, 3.8) is 0 Å². The van der Waals surface area contributed by atoms with Gasteiger partial charge in [0.25, 0.3) is 0 Å². The SMILES string of the molecule is CCC(=CCCc1ccc2c(c1)OCO2)CCC1CCCC1(O)CC. The summed E-state index contributed by atoms with van der Waals surface area (Å²) in [5, 5.41) is 10.7. The lowest BCUT2D eigenvalue weighted by Crippen LogP contribution is -2.32. The third kappa shape index (κ3) is 4.38. The highest BCUT2D eigenvalue weighted by Crippen LogP contribution is 2.41. The van der Waals surface area contributed by atoms with Gasteiger partial charge in [-0.15, -0.1) is 0 Å². The number of allylic oxidation sites excluding steroid dienone is 2. The highest BCUT2D eigenvalue weighted by Gasteiger charge is 2.38. The van der Waals surface area contributed by atoms with Crippen molar-refractivity contribution in [3.8, 4) is 11.5 Å². The molecule has 2 aliphatic rings. The molecule has 1 aliphatic carbocycles. The van der Waals surface area contributed by atoms with Crippen LogP contribution in [0.25, 0.3) is 0 Å². The number of hydrogen-bond acceptors (Lipinski definition) is 3. The van der Waals surface area contributed by atoms with Gasteiger partial charge in [-0.1, -0.05) is 38.0 Å². The van der Waals surface area contributed by atoms with Gasteiger partial charge in [0.2, 0.25) is 6.79 Å². The van der Waals surface area contributed by atoms with Crippen LogP contribution >= 0.6 is 0 Å². The first-order valence-electron chi connectivity index (χ1n) is 9.93. The Balaban J connectivity index is 1.49. The maximum absolute atomic E-state index is 10.7. The number of fused-ring (bicyclic) bond motifs is 1. The van der Waals surface area contributed by atoms with Gasteiger partial charge in [-0.2, -0.15) is 0 Å². The molecule has 0 spiro atoms. The van der Waals surface area contributed by atoms with E-state index in [1.165, 1.54) is 24.0 Å². The van der Waals surface area contributed by atoms with Gasteiger partial charge in [-0.05, 0) is 75.0 Å². The maximum atomic E-state index is 10.7. The van der Waals surface area contributed by atoms with E-state index in [-0.39, 0.29) is 0 Å². The number of benzene rings is 1. The summed E-state index contributed by atoms with van der Waals surface area (Å²) in [6.07, 6.45) is 12.1. The summed E-state index contributed by atoms with van der Waals surface area (Å²) in [6.45, 7) is 4.71. The van der Waals surface area contributed by atoms with Crippen LogP contribution in [-0.2, 0) is 6.42 Å². The highest BCUT2D eigenvalue weighted by atomic mass is 16.7. The van der Waals surface area contributed by atoms with Crippen LogP contribution in [0.2, 0.25) is 0 Å². The van der Waals surface area contributed by atoms with E-state index in [0.29, 0.717) is 12.7 Å². The first-order chi connectivity index (χ1) is 12.1. The second-order valence-corrected chi connectivity index (χ2v) is 7.53. The fourth-order valence-electron chi connectivity index (χ4n) is 4.33. The Morgan fingerprint density at radius 1 is 1.28 bits per heavy atom. The minimum Gasteiger partial charge on any atom is -0.454 e. The molecule has 1 N–H and O–H groups in total. The molecule has 1 aliphatic heterocycles. The second kappa shape index (κ2) is 8.27. The molecular formula is C22H32O3. The van der Waals surface area contributed by atoms with E-state index >= 15 is 0 Å². The van der Waals surface area contributed by atoms with E-state index in [4.69, 9.17) is 9.47 Å². The van der Waals surface area contributed by atoms with Crippen molar-refractivity contribution >= 4 is 0 Å². The van der Waals surface area contributed by atoms with Crippen molar-refractivity contribution < 1.29 is 14.6 Å². The van der Waals surface area contributed by atoms with Crippen molar-refractivity contribution in [1.29, 1.82) is 0 Å². The van der Waals surface area contributed by atoms with Gasteiger partial charge in [0.15, 0.2) is 11.5 Å². The van der Waals surface area contributed by atoms with E-state index in [1.807, 2.05) is 6.07 Å². The average molecular weight is 344 g/mol. The topological polar surface area (TPSA) is 38.7 Å². The molecule has 0 saturated heterocycles. The average Bonchev–Trinajstić information content (AvgIpc) is 3.24. The number of hydrogen-bond donors (Lipinski definition) is 1. The summed E-state index contributed by atoms with van der Waals surface area (Å²) in [7, 11) is 0. The van der Waals surface area contributed by atoms with Crippen molar-refractivity contribution in [1.82, 2.24) is 0 Å². The predicted molar refractivity (Wildman–Crippen MR) is 101 cm³/mol. The van der Waals surface area contributed by atoms with E-state index in [1.54, 1.807) is 0 Å². The van der Waals surface area contributed by atoms with Crippen molar-refractivity contribution in [3.05, 3.63) is 35.4 Å². The first kappa shape index (κ1) is 18.3. The number of aryl methyl sites for hydroxylation is 1. The molecule has 25 heavy (non-hydrogen) atoms. The largest absolute Gasteiger partial charge is 0.454 e. The van der Waals surface area contributed by atoms with Gasteiger partial charge in [0, 0.05) is 0 Å². The predicted octanol–water partition coefficient (Wildman–Crippen LogP) is 5.41. The van der Waals surface area contributed by atoms with Gasteiger partial charge in [0.05, 0.1) is 5.60 Å². The molecule has 3 rings (SSSR count). The molecule has 138 valence electrons. The van der Waals surface area contributed by atoms with E-state index < -0.39 is 5.60 Å². The molecule has 1 heterocycles. The van der Waals surface area contributed by atoms with Gasteiger partial charge in [-0.3, -0.25) is 0 Å². The molecular weight excluding hydrogens is 312 g/mol. The van der Waals surface area contributed by atoms with Crippen LogP contribution in [0.4, 0.5) is 0 Å². The van der Waals surface area contributed by atoms with Crippen molar-refractivity contribution in [2.45, 2.75) is 77.2 Å². The normalized spacial score (nSPS) is 25.6. The van der Waals surface area contributed by atoms with Gasteiger partial charge in [0.1, 0.15) is 0 Å². The lowest BCUT2D eigenvalue weighted by Gasteiger charge is -2.29. The Labute approximate surface area is 152 Å². The number of rotatable bonds is 8. The van der Waals surface area contributed by atoms with Crippen LogP contribution in [0.15, 0.2) is 29.8 Å². The van der Waals surface area contributed by atoms with E-state index in [9.17, 15) is 5.11 Å². The molecule has 0 bridgehead atoms. The van der Waals surface area contributed by atoms with E-state index in [2.05, 4.69) is 32.1 Å². The maximum Gasteiger partial charge on any atom is 0.231 e. The molecule has 1 fully saturated rings. The number of aliphatic hydroxyl groups is 1. The summed E-state index contributed by atoms with van der Waals surface area (Å²) in [4.78, 5) is 0. The summed E-state index contributed by atoms with van der Waals surface area (Å²) >= 11 is 0. The Hall–Kier alpha value is -1.48. The van der Waals surface area contributed by atoms with Crippen LogP contribution in [0, 0.1) is 5.92 Å². The van der Waals surface area contributed by atoms with Crippen molar-refractivity contribution in [2.75, 3.05) is 6.79 Å². The van der Waals surface area contributed by atoms with Crippen molar-refractivity contribution in [2.24, 2.45) is 5.92 Å². The fraction of sp³-hybridized carbons (Fsp3) is 0.636. The quantitative estimate of drug-likeness (QED) is 0.641. The minimum absolute atomic E-state index is 0.337. The van der Waals surface area contributed by atoms with Crippen LogP contribution < -0.4 is 9.47 Å². The molecule has 1 aromatic rings. The molecule has 1 saturated carbocycles. The van der Waals surface area contributed by atoms with Crippen LogP contribution in [0.5, 0.6) is 11.5 Å². The lowest BCUT2D eigenvalue weighted by atomic mass is 9.84. The minimum atomic E-state index is -0.397. The lowest BCUT2D eigenvalue weighted by molar-refractivity contribution is -0.00407. The summed E-state index contributed by atoms with van der Waals surface area (Å²) in [5.74, 6) is 2.21. The van der Waals surface area contributed by atoms with Crippen LogP contribution in [-0.4, -0.2) is 17.5 Å². The zero-order chi connectivity index (χ0) is 17.7. The zero-order valence-electron chi connectivity index (χ0n) is 15.7. The molecule has 0 amide bonds. The molecule has 3 heteroatoms. The summed E-state index contributed by atoms with van der Waals surface area (Å²) in [6, 6.07) is 6.24. The Morgan fingerprint density at radius 2 is 2.12 bits per heavy atom. The summed E-state index contributed by atoms with van der Waals surface area (Å²) in [5.41, 5.74) is 2.43. The zero-order valence-corrected chi connectivity index (χ0v) is 15.7. The summed E-state index contributed by atoms with van der Waals surface area (Å²) < 4.78 is 10.8. The molecule has 3 nitrogen and oxygen atoms in total. The smallest absolute Gasteiger partial charge is 0.231 e. The Bertz CT molecular complexity index is 607. The van der Waals surface area contributed by atoms with Crippen LogP contribution in [0.1, 0.15) is 70.8 Å². The van der Waals surface area contributed by atoms with Gasteiger partial charge < -0.3 is 14.6 Å². The molecule has 0 aromatic heterocycles. The van der Waals surface area contributed by atoms with E-state index in [0.717, 1.165) is 56.4 Å². The fourth-order valence-corrected chi connectivity index (χ4v) is 4.33. The first-order valence-corrected chi connectivity index (χ1v) is 9.93. The highest BCUT2D eigenvalue weighted by molar-refractivity contribution is 5.44. The Kier molecular flexibility index (Phi) is 6.06. The second-order valence-electron chi connectivity index (χ2n) is 7.53. The third-order valence-electron chi connectivity index (χ3n) is 6.11. The van der Waals surface area contributed by atoms with Gasteiger partial charge >= 0.3 is 0 Å². The third-order valence-corrected chi connectivity index (χ3v) is 6.11. The Morgan fingerprint density at radius 3 is 2.92 bits per heavy atom.